The van der Waals surface area contributed by atoms with Gasteiger partial charge in [0.25, 0.3) is 6.43 Å². The van der Waals surface area contributed by atoms with E-state index in [0.29, 0.717) is 0 Å². The number of carbonyl (C=O) groups is 1. The number of ether oxygens (including phenoxy) is 2. The minimum absolute atomic E-state index is 0.172. The first-order valence-corrected chi connectivity index (χ1v) is 4.88. The quantitative estimate of drug-likeness (QED) is 0.367. The lowest BCUT2D eigenvalue weighted by Gasteiger charge is -2.13. The van der Waals surface area contributed by atoms with Crippen LogP contribution in [0.25, 0.3) is 0 Å². The van der Waals surface area contributed by atoms with Gasteiger partial charge in [-0.25, -0.2) is 18.6 Å². The van der Waals surface area contributed by atoms with Crippen LogP contribution in [0.3, 0.4) is 0 Å². The molecular formula is C9H5F5N2O5. The fraction of sp³-hybridized carbons (Fsp3) is 0.333. The maximum absolute atomic E-state index is 12.6. The average molecular weight is 316 g/mol. The monoisotopic (exact) mass is 316 g/mol. The van der Waals surface area contributed by atoms with Crippen molar-refractivity contribution in [3.8, 4) is 5.75 Å². The van der Waals surface area contributed by atoms with Crippen molar-refractivity contribution in [1.82, 2.24) is 4.98 Å². The Balaban J connectivity index is 3.65. The third-order valence-corrected chi connectivity index (χ3v) is 2.05. The highest BCUT2D eigenvalue weighted by atomic mass is 19.4. The molecule has 0 fully saturated rings. The van der Waals surface area contributed by atoms with Gasteiger partial charge < -0.3 is 9.47 Å². The first kappa shape index (κ1) is 16.5. The van der Waals surface area contributed by atoms with E-state index in [1.54, 1.807) is 0 Å². The normalized spacial score (nSPS) is 11.4. The maximum atomic E-state index is 12.6. The Kier molecular flexibility index (Phi) is 4.60. The number of methoxy groups -OCH3 is 1. The summed E-state index contributed by atoms with van der Waals surface area (Å²) in [5, 5.41) is 10.8. The summed E-state index contributed by atoms with van der Waals surface area (Å²) in [6.45, 7) is 0. The van der Waals surface area contributed by atoms with Crippen molar-refractivity contribution in [2.45, 2.75) is 12.8 Å². The second-order valence-electron chi connectivity index (χ2n) is 3.34. The van der Waals surface area contributed by atoms with E-state index < -0.39 is 46.4 Å². The number of pyridine rings is 1. The molecule has 0 saturated heterocycles. The molecule has 7 nitrogen and oxygen atoms in total. The predicted molar refractivity (Wildman–Crippen MR) is 53.9 cm³/mol. The second kappa shape index (κ2) is 5.85. The lowest BCUT2D eigenvalue weighted by atomic mass is 10.2. The minimum atomic E-state index is -5.48. The van der Waals surface area contributed by atoms with Gasteiger partial charge in [-0.2, -0.15) is 0 Å². The van der Waals surface area contributed by atoms with Crippen molar-refractivity contribution in [3.63, 3.8) is 0 Å². The number of esters is 1. The van der Waals surface area contributed by atoms with Crippen LogP contribution in [0, 0.1) is 10.1 Å². The molecule has 1 aromatic heterocycles. The van der Waals surface area contributed by atoms with Crippen molar-refractivity contribution in [2.75, 3.05) is 7.11 Å². The van der Waals surface area contributed by atoms with E-state index in [2.05, 4.69) is 14.5 Å². The van der Waals surface area contributed by atoms with Crippen LogP contribution >= 0.6 is 0 Å². The van der Waals surface area contributed by atoms with Crippen molar-refractivity contribution in [2.24, 2.45) is 0 Å². The van der Waals surface area contributed by atoms with Crippen LogP contribution in [0.15, 0.2) is 6.20 Å². The number of hydrogen-bond acceptors (Lipinski definition) is 6. The summed E-state index contributed by atoms with van der Waals surface area (Å²) in [6, 6.07) is 0. The maximum Gasteiger partial charge on any atom is 0.573 e. The van der Waals surface area contributed by atoms with E-state index in [1.165, 1.54) is 0 Å². The van der Waals surface area contributed by atoms with E-state index in [4.69, 9.17) is 0 Å². The molecule has 1 aromatic rings. The average Bonchev–Trinajstić information content (AvgIpc) is 2.34. The number of aromatic nitrogens is 1. The molecule has 1 rings (SSSR count). The highest BCUT2D eigenvalue weighted by Crippen LogP contribution is 2.41. The standard InChI is InChI=1S/C9H5F5N2O5/c1-20-8(17)4-5(16(18)19)6(21-9(12,13)14)3(2-15-4)7(10)11/h2,7H,1H3. The summed E-state index contributed by atoms with van der Waals surface area (Å²) in [7, 11) is 0.777. The summed E-state index contributed by atoms with van der Waals surface area (Å²) in [4.78, 5) is 23.6. The molecular weight excluding hydrogens is 311 g/mol. The number of nitrogens with zero attached hydrogens (tertiary/aromatic N) is 2. The molecule has 0 saturated carbocycles. The van der Waals surface area contributed by atoms with E-state index in [9.17, 15) is 36.9 Å². The highest BCUT2D eigenvalue weighted by molar-refractivity contribution is 5.93. The topological polar surface area (TPSA) is 91.6 Å². The number of halogens is 5. The molecule has 0 aliphatic carbocycles. The molecule has 0 radical (unpaired) electrons. The fourth-order valence-electron chi connectivity index (χ4n) is 1.29. The Hall–Kier alpha value is -2.53. The lowest BCUT2D eigenvalue weighted by molar-refractivity contribution is -0.389. The molecule has 0 spiro atoms. The Morgan fingerprint density at radius 2 is 2.00 bits per heavy atom. The molecule has 1 heterocycles. The van der Waals surface area contributed by atoms with Crippen molar-refractivity contribution in [1.29, 1.82) is 0 Å². The van der Waals surface area contributed by atoms with Crippen LogP contribution in [-0.4, -0.2) is 29.3 Å². The summed E-state index contributed by atoms with van der Waals surface area (Å²) >= 11 is 0. The number of hydrogen-bond donors (Lipinski definition) is 0. The van der Waals surface area contributed by atoms with Gasteiger partial charge in [0.2, 0.25) is 11.4 Å². The molecule has 0 unspecified atom stereocenters. The van der Waals surface area contributed by atoms with Gasteiger partial charge in [-0.1, -0.05) is 0 Å². The van der Waals surface area contributed by atoms with Crippen LogP contribution in [0.5, 0.6) is 5.75 Å². The number of carbonyl (C=O) groups excluding carboxylic acids is 1. The molecule has 0 aromatic carbocycles. The first-order chi connectivity index (χ1) is 9.58. The van der Waals surface area contributed by atoms with Gasteiger partial charge in [-0.3, -0.25) is 10.1 Å². The third-order valence-electron chi connectivity index (χ3n) is 2.05. The van der Waals surface area contributed by atoms with E-state index in [0.717, 1.165) is 7.11 Å². The largest absolute Gasteiger partial charge is 0.573 e. The van der Waals surface area contributed by atoms with Crippen LogP contribution in [-0.2, 0) is 4.74 Å². The molecule has 0 amide bonds. The summed E-state index contributed by atoms with van der Waals surface area (Å²) in [5.74, 6) is -3.28. The molecule has 12 heteroatoms. The van der Waals surface area contributed by atoms with Gasteiger partial charge in [-0.05, 0) is 0 Å². The SMILES string of the molecule is COC(=O)c1ncc(C(F)F)c(OC(F)(F)F)c1[N+](=O)[O-]. The lowest BCUT2D eigenvalue weighted by Crippen LogP contribution is -2.21. The first-order valence-electron chi connectivity index (χ1n) is 4.88. The Morgan fingerprint density at radius 3 is 2.38 bits per heavy atom. The van der Waals surface area contributed by atoms with Crippen molar-refractivity contribution >= 4 is 11.7 Å². The molecule has 116 valence electrons. The number of alkyl halides is 5. The van der Waals surface area contributed by atoms with E-state index in [1.807, 2.05) is 0 Å². The molecule has 0 bridgehead atoms. The van der Waals surface area contributed by atoms with Crippen molar-refractivity contribution in [3.05, 3.63) is 27.6 Å². The minimum Gasteiger partial charge on any atom is -0.464 e. The van der Waals surface area contributed by atoms with Gasteiger partial charge in [0.05, 0.1) is 17.6 Å². The third kappa shape index (κ3) is 3.73. The summed E-state index contributed by atoms with van der Waals surface area (Å²) in [6.07, 6.45) is -8.85. The van der Waals surface area contributed by atoms with E-state index >= 15 is 0 Å². The second-order valence-corrected chi connectivity index (χ2v) is 3.34. The van der Waals surface area contributed by atoms with Gasteiger partial charge >= 0.3 is 18.0 Å². The predicted octanol–water partition coefficient (Wildman–Crippen LogP) is 2.61. The molecule has 0 aliphatic rings. The number of nitro groups is 1. The van der Waals surface area contributed by atoms with Gasteiger partial charge in [0, 0.05) is 6.20 Å². The molecule has 21 heavy (non-hydrogen) atoms. The fourth-order valence-corrected chi connectivity index (χ4v) is 1.29. The van der Waals surface area contributed by atoms with Crippen LogP contribution in [0.1, 0.15) is 22.5 Å². The van der Waals surface area contributed by atoms with Crippen molar-refractivity contribution < 1.29 is 41.1 Å². The van der Waals surface area contributed by atoms with Gasteiger partial charge in [0.1, 0.15) is 0 Å². The Morgan fingerprint density at radius 1 is 1.43 bits per heavy atom. The van der Waals surface area contributed by atoms with Crippen LogP contribution < -0.4 is 4.74 Å². The van der Waals surface area contributed by atoms with Gasteiger partial charge in [-0.15, -0.1) is 13.2 Å². The zero-order chi connectivity index (χ0) is 16.4. The number of rotatable bonds is 4. The molecule has 0 aliphatic heterocycles. The highest BCUT2D eigenvalue weighted by Gasteiger charge is 2.41. The molecule has 0 atom stereocenters. The van der Waals surface area contributed by atoms with Crippen LogP contribution in [0.2, 0.25) is 0 Å². The zero-order valence-electron chi connectivity index (χ0n) is 9.98. The smallest absolute Gasteiger partial charge is 0.464 e. The Bertz CT molecular complexity index is 574. The Labute approximate surface area is 112 Å². The summed E-state index contributed by atoms with van der Waals surface area (Å²) < 4.78 is 69.3. The van der Waals surface area contributed by atoms with Gasteiger partial charge in [0.15, 0.2) is 0 Å². The van der Waals surface area contributed by atoms with E-state index in [-0.39, 0.29) is 6.20 Å². The molecule has 0 N–H and O–H groups in total. The summed E-state index contributed by atoms with van der Waals surface area (Å²) in [5.41, 5.74) is -4.32. The zero-order valence-corrected chi connectivity index (χ0v) is 9.98. The van der Waals surface area contributed by atoms with Crippen LogP contribution in [0.4, 0.5) is 27.6 Å².